The lowest BCUT2D eigenvalue weighted by atomic mass is 10.2. The summed E-state index contributed by atoms with van der Waals surface area (Å²) in [6.07, 6.45) is 0. The third-order valence-corrected chi connectivity index (χ3v) is 1.65. The van der Waals surface area contributed by atoms with Gasteiger partial charge in [-0.25, -0.2) is 0 Å². The molecular formula is C7H7BrClN3. The Bertz CT molecular complexity index is 308. The van der Waals surface area contributed by atoms with Crippen molar-refractivity contribution in [1.29, 1.82) is 5.26 Å². The number of anilines is 1. The van der Waals surface area contributed by atoms with Crippen molar-refractivity contribution < 1.29 is 0 Å². The molecule has 64 valence electrons. The lowest BCUT2D eigenvalue weighted by Crippen LogP contribution is -2.06. The van der Waals surface area contributed by atoms with Gasteiger partial charge in [-0.1, -0.05) is 15.9 Å². The third kappa shape index (κ3) is 2.70. The van der Waals surface area contributed by atoms with E-state index in [4.69, 9.17) is 11.1 Å². The minimum Gasteiger partial charge on any atom is -0.324 e. The number of halogens is 2. The van der Waals surface area contributed by atoms with Crippen LogP contribution in [0.5, 0.6) is 0 Å². The van der Waals surface area contributed by atoms with Gasteiger partial charge >= 0.3 is 0 Å². The molecule has 0 saturated carbocycles. The van der Waals surface area contributed by atoms with Crippen molar-refractivity contribution in [2.45, 2.75) is 0 Å². The molecule has 0 spiro atoms. The molecule has 0 radical (unpaired) electrons. The van der Waals surface area contributed by atoms with Gasteiger partial charge in [-0.2, -0.15) is 5.26 Å². The molecule has 0 bridgehead atoms. The van der Waals surface area contributed by atoms with Gasteiger partial charge in [-0.05, 0) is 18.2 Å². The van der Waals surface area contributed by atoms with Crippen LogP contribution in [0.4, 0.5) is 5.69 Å². The minimum atomic E-state index is 0. The van der Waals surface area contributed by atoms with E-state index in [2.05, 4.69) is 21.4 Å². The van der Waals surface area contributed by atoms with Gasteiger partial charge in [-0.3, -0.25) is 5.84 Å². The van der Waals surface area contributed by atoms with Crippen LogP contribution in [0.1, 0.15) is 5.56 Å². The van der Waals surface area contributed by atoms with Crippen LogP contribution < -0.4 is 11.3 Å². The van der Waals surface area contributed by atoms with Gasteiger partial charge in [0.25, 0.3) is 0 Å². The summed E-state index contributed by atoms with van der Waals surface area (Å²) in [5, 5.41) is 8.54. The topological polar surface area (TPSA) is 61.8 Å². The van der Waals surface area contributed by atoms with Crippen LogP contribution in [-0.4, -0.2) is 0 Å². The normalized spacial score (nSPS) is 8.08. The van der Waals surface area contributed by atoms with E-state index in [0.29, 0.717) is 5.56 Å². The summed E-state index contributed by atoms with van der Waals surface area (Å²) in [4.78, 5) is 0. The predicted molar refractivity (Wildman–Crippen MR) is 53.9 cm³/mol. The second-order valence-electron chi connectivity index (χ2n) is 1.98. The molecule has 0 aliphatic carbocycles. The molecule has 0 amide bonds. The highest BCUT2D eigenvalue weighted by Crippen LogP contribution is 2.17. The van der Waals surface area contributed by atoms with Crippen molar-refractivity contribution >= 4 is 34.0 Å². The van der Waals surface area contributed by atoms with Crippen LogP contribution in [-0.2, 0) is 0 Å². The molecule has 0 saturated heterocycles. The maximum Gasteiger partial charge on any atom is 0.0992 e. The molecule has 1 aromatic rings. The maximum absolute atomic E-state index is 8.54. The molecule has 0 aliphatic rings. The first kappa shape index (κ1) is 11.2. The smallest absolute Gasteiger partial charge is 0.0992 e. The van der Waals surface area contributed by atoms with Crippen LogP contribution in [0.2, 0.25) is 0 Å². The van der Waals surface area contributed by atoms with Gasteiger partial charge in [0, 0.05) is 4.47 Å². The molecule has 1 rings (SSSR count). The number of hydrogen-bond acceptors (Lipinski definition) is 3. The number of nitrogens with one attached hydrogen (secondary N) is 1. The Morgan fingerprint density at radius 3 is 2.58 bits per heavy atom. The SMILES string of the molecule is Cl.N#Cc1cc(Br)cc(NN)c1. The summed E-state index contributed by atoms with van der Waals surface area (Å²) in [7, 11) is 0. The van der Waals surface area contributed by atoms with Crippen LogP contribution in [0.15, 0.2) is 22.7 Å². The monoisotopic (exact) mass is 247 g/mol. The fourth-order valence-electron chi connectivity index (χ4n) is 0.738. The first-order chi connectivity index (χ1) is 5.26. The van der Waals surface area contributed by atoms with Crippen molar-refractivity contribution in [3.63, 3.8) is 0 Å². The average Bonchev–Trinajstić information content (AvgIpc) is 2.03. The number of nitriles is 1. The number of hydrazine groups is 1. The molecule has 12 heavy (non-hydrogen) atoms. The average molecular weight is 249 g/mol. The molecule has 5 heteroatoms. The third-order valence-electron chi connectivity index (χ3n) is 1.19. The number of benzene rings is 1. The Balaban J connectivity index is 0.00000121. The predicted octanol–water partition coefficient (Wildman–Crippen LogP) is 2.03. The Labute approximate surface area is 85.1 Å². The van der Waals surface area contributed by atoms with E-state index in [9.17, 15) is 0 Å². The zero-order valence-corrected chi connectivity index (χ0v) is 8.45. The first-order valence-corrected chi connectivity index (χ1v) is 3.73. The molecule has 0 aromatic heterocycles. The molecule has 0 heterocycles. The number of hydrogen-bond donors (Lipinski definition) is 2. The largest absolute Gasteiger partial charge is 0.324 e. The number of nitrogen functional groups attached to an aromatic ring is 1. The van der Waals surface area contributed by atoms with Crippen molar-refractivity contribution in [2.75, 3.05) is 5.43 Å². The quantitative estimate of drug-likeness (QED) is 0.590. The lowest BCUT2D eigenvalue weighted by Gasteiger charge is -1.99. The van der Waals surface area contributed by atoms with Gasteiger partial charge in [0.2, 0.25) is 0 Å². The van der Waals surface area contributed by atoms with Gasteiger partial charge in [0.1, 0.15) is 0 Å². The van der Waals surface area contributed by atoms with Gasteiger partial charge in [-0.15, -0.1) is 12.4 Å². The molecule has 0 atom stereocenters. The number of nitrogens with zero attached hydrogens (tertiary/aromatic N) is 1. The molecule has 1 aromatic carbocycles. The summed E-state index contributed by atoms with van der Waals surface area (Å²) in [6, 6.07) is 7.20. The molecule has 0 unspecified atom stereocenters. The Morgan fingerprint density at radius 2 is 2.08 bits per heavy atom. The highest BCUT2D eigenvalue weighted by molar-refractivity contribution is 9.10. The van der Waals surface area contributed by atoms with E-state index in [1.165, 1.54) is 0 Å². The summed E-state index contributed by atoms with van der Waals surface area (Å²) in [5.74, 6) is 5.16. The van der Waals surface area contributed by atoms with E-state index in [1.54, 1.807) is 18.2 Å². The van der Waals surface area contributed by atoms with E-state index in [-0.39, 0.29) is 12.4 Å². The number of rotatable bonds is 1. The van der Waals surface area contributed by atoms with E-state index < -0.39 is 0 Å². The summed E-state index contributed by atoms with van der Waals surface area (Å²) >= 11 is 3.25. The van der Waals surface area contributed by atoms with Gasteiger partial charge < -0.3 is 5.43 Å². The standard InChI is InChI=1S/C7H6BrN3.ClH/c8-6-1-5(4-9)2-7(3-6)11-10;/h1-3,11H,10H2;1H. The summed E-state index contributed by atoms with van der Waals surface area (Å²) < 4.78 is 0.838. The molecular weight excluding hydrogens is 241 g/mol. The Kier molecular flexibility index (Phi) is 4.67. The fraction of sp³-hybridized carbons (Fsp3) is 0. The van der Waals surface area contributed by atoms with Crippen molar-refractivity contribution in [2.24, 2.45) is 5.84 Å². The molecule has 0 fully saturated rings. The van der Waals surface area contributed by atoms with Crippen molar-refractivity contribution in [1.82, 2.24) is 0 Å². The fourth-order valence-corrected chi connectivity index (χ4v) is 1.23. The summed E-state index contributed by atoms with van der Waals surface area (Å²) in [5.41, 5.74) is 3.76. The Hall–Kier alpha value is -0.760. The molecule has 0 aliphatic heterocycles. The van der Waals surface area contributed by atoms with Crippen molar-refractivity contribution in [3.8, 4) is 6.07 Å². The lowest BCUT2D eigenvalue weighted by molar-refractivity contribution is 1.34. The highest BCUT2D eigenvalue weighted by Gasteiger charge is 1.95. The molecule has 3 N–H and O–H groups in total. The first-order valence-electron chi connectivity index (χ1n) is 2.93. The second kappa shape index (κ2) is 4.99. The van der Waals surface area contributed by atoms with E-state index in [1.807, 2.05) is 6.07 Å². The minimum absolute atomic E-state index is 0. The van der Waals surface area contributed by atoms with E-state index >= 15 is 0 Å². The van der Waals surface area contributed by atoms with Gasteiger partial charge in [0.15, 0.2) is 0 Å². The van der Waals surface area contributed by atoms with Crippen LogP contribution >= 0.6 is 28.3 Å². The second-order valence-corrected chi connectivity index (χ2v) is 2.90. The maximum atomic E-state index is 8.54. The van der Waals surface area contributed by atoms with Crippen molar-refractivity contribution in [3.05, 3.63) is 28.2 Å². The zero-order chi connectivity index (χ0) is 8.27. The molecule has 3 nitrogen and oxygen atoms in total. The van der Waals surface area contributed by atoms with Crippen LogP contribution in [0, 0.1) is 11.3 Å². The summed E-state index contributed by atoms with van der Waals surface area (Å²) in [6.45, 7) is 0. The van der Waals surface area contributed by atoms with Gasteiger partial charge in [0.05, 0.1) is 17.3 Å². The van der Waals surface area contributed by atoms with Crippen LogP contribution in [0.25, 0.3) is 0 Å². The van der Waals surface area contributed by atoms with Crippen LogP contribution in [0.3, 0.4) is 0 Å². The van der Waals surface area contributed by atoms with E-state index in [0.717, 1.165) is 10.2 Å². The highest BCUT2D eigenvalue weighted by atomic mass is 79.9. The number of nitrogens with two attached hydrogens (primary N) is 1. The zero-order valence-electron chi connectivity index (χ0n) is 6.04. The Morgan fingerprint density at radius 1 is 1.42 bits per heavy atom.